The second kappa shape index (κ2) is 7.87. The lowest BCUT2D eigenvalue weighted by atomic mass is 10.1. The summed E-state index contributed by atoms with van der Waals surface area (Å²) in [5, 5.41) is 15.9. The highest BCUT2D eigenvalue weighted by Gasteiger charge is 2.08. The van der Waals surface area contributed by atoms with Gasteiger partial charge in [0, 0.05) is 24.9 Å². The van der Waals surface area contributed by atoms with E-state index >= 15 is 0 Å². The van der Waals surface area contributed by atoms with Gasteiger partial charge in [0.2, 0.25) is 11.8 Å². The summed E-state index contributed by atoms with van der Waals surface area (Å²) in [6.07, 6.45) is 0.408. The lowest BCUT2D eigenvalue weighted by Gasteiger charge is -2.07. The first-order valence-electron chi connectivity index (χ1n) is 7.30. The van der Waals surface area contributed by atoms with Gasteiger partial charge >= 0.3 is 0 Å². The number of carbonyl (C=O) groups is 2. The molecule has 7 nitrogen and oxygen atoms in total. The summed E-state index contributed by atoms with van der Waals surface area (Å²) in [7, 11) is 1.58. The molecule has 2 amide bonds. The summed E-state index contributed by atoms with van der Waals surface area (Å²) >= 11 is 0. The number of anilines is 1. The fourth-order valence-corrected chi connectivity index (χ4v) is 2.11. The van der Waals surface area contributed by atoms with Crippen molar-refractivity contribution in [3.8, 4) is 0 Å². The van der Waals surface area contributed by atoms with Crippen molar-refractivity contribution < 1.29 is 14.5 Å². The summed E-state index contributed by atoms with van der Waals surface area (Å²) in [6, 6.07) is 12.9. The fraction of sp³-hybridized carbons (Fsp3) is 0.176. The van der Waals surface area contributed by atoms with Crippen LogP contribution in [0, 0.1) is 10.1 Å². The maximum absolute atomic E-state index is 12.0. The zero-order valence-corrected chi connectivity index (χ0v) is 13.1. The van der Waals surface area contributed by atoms with Crippen LogP contribution in [0.3, 0.4) is 0 Å². The van der Waals surface area contributed by atoms with Gasteiger partial charge in [0.15, 0.2) is 0 Å². The van der Waals surface area contributed by atoms with E-state index in [4.69, 9.17) is 0 Å². The number of nitrogens with one attached hydrogen (secondary N) is 2. The number of likely N-dealkylation sites (N-methyl/N-ethyl adjacent to an activating group) is 1. The van der Waals surface area contributed by atoms with Crippen LogP contribution in [0.15, 0.2) is 48.5 Å². The van der Waals surface area contributed by atoms with E-state index in [1.807, 2.05) is 0 Å². The van der Waals surface area contributed by atoms with Gasteiger partial charge in [0.1, 0.15) is 0 Å². The van der Waals surface area contributed by atoms with E-state index in [2.05, 4.69) is 10.6 Å². The van der Waals surface area contributed by atoms with Crippen molar-refractivity contribution in [3.05, 3.63) is 69.8 Å². The Morgan fingerprint density at radius 2 is 1.42 bits per heavy atom. The highest BCUT2D eigenvalue weighted by molar-refractivity contribution is 5.92. The van der Waals surface area contributed by atoms with Crippen molar-refractivity contribution in [2.75, 3.05) is 12.4 Å². The van der Waals surface area contributed by atoms with E-state index in [0.29, 0.717) is 11.3 Å². The molecule has 7 heteroatoms. The van der Waals surface area contributed by atoms with Crippen molar-refractivity contribution in [3.63, 3.8) is 0 Å². The van der Waals surface area contributed by atoms with Crippen LogP contribution in [0.5, 0.6) is 0 Å². The number of nitro benzene ring substituents is 1. The Morgan fingerprint density at radius 1 is 0.917 bits per heavy atom. The highest BCUT2D eigenvalue weighted by atomic mass is 16.6. The van der Waals surface area contributed by atoms with Crippen LogP contribution in [0.2, 0.25) is 0 Å². The van der Waals surface area contributed by atoms with Crippen LogP contribution < -0.4 is 10.6 Å². The third kappa shape index (κ3) is 4.91. The maximum atomic E-state index is 12.0. The second-order valence-corrected chi connectivity index (χ2v) is 5.20. The monoisotopic (exact) mass is 327 g/mol. The van der Waals surface area contributed by atoms with Gasteiger partial charge in [0.05, 0.1) is 17.8 Å². The number of nitrogens with zero attached hydrogens (tertiary/aromatic N) is 1. The molecule has 24 heavy (non-hydrogen) atoms. The molecule has 124 valence electrons. The molecular weight excluding hydrogens is 310 g/mol. The molecule has 0 bridgehead atoms. The van der Waals surface area contributed by atoms with Gasteiger partial charge in [-0.1, -0.05) is 24.3 Å². The van der Waals surface area contributed by atoms with E-state index in [0.717, 1.165) is 5.56 Å². The molecule has 2 aromatic rings. The number of hydrogen-bond acceptors (Lipinski definition) is 4. The number of non-ortho nitro benzene ring substituents is 1. The average molecular weight is 327 g/mol. The van der Waals surface area contributed by atoms with E-state index in [-0.39, 0.29) is 30.3 Å². The van der Waals surface area contributed by atoms with Crippen LogP contribution in [0.25, 0.3) is 0 Å². The Hall–Kier alpha value is -3.22. The smallest absolute Gasteiger partial charge is 0.269 e. The molecular formula is C17H17N3O4. The van der Waals surface area contributed by atoms with Crippen molar-refractivity contribution in [1.29, 1.82) is 0 Å². The first-order valence-corrected chi connectivity index (χ1v) is 7.30. The molecule has 0 spiro atoms. The van der Waals surface area contributed by atoms with Crippen LogP contribution in [-0.4, -0.2) is 23.8 Å². The molecule has 0 aliphatic carbocycles. The van der Waals surface area contributed by atoms with E-state index in [1.54, 1.807) is 43.4 Å². The molecule has 0 fully saturated rings. The number of benzene rings is 2. The molecule has 2 aromatic carbocycles. The van der Waals surface area contributed by atoms with Crippen molar-refractivity contribution in [1.82, 2.24) is 5.32 Å². The minimum atomic E-state index is -0.482. The van der Waals surface area contributed by atoms with Crippen LogP contribution >= 0.6 is 0 Å². The van der Waals surface area contributed by atoms with Gasteiger partial charge in [0.25, 0.3) is 5.69 Å². The molecule has 0 atom stereocenters. The van der Waals surface area contributed by atoms with E-state index in [9.17, 15) is 19.7 Å². The zero-order valence-electron chi connectivity index (χ0n) is 13.1. The summed E-state index contributed by atoms with van der Waals surface area (Å²) < 4.78 is 0. The summed E-state index contributed by atoms with van der Waals surface area (Å²) in [5.41, 5.74) is 2.16. The lowest BCUT2D eigenvalue weighted by Crippen LogP contribution is -2.20. The number of nitro groups is 1. The predicted molar refractivity (Wildman–Crippen MR) is 89.6 cm³/mol. The van der Waals surface area contributed by atoms with Gasteiger partial charge in [-0.3, -0.25) is 19.7 Å². The molecule has 2 N–H and O–H groups in total. The first kappa shape index (κ1) is 17.1. The van der Waals surface area contributed by atoms with Gasteiger partial charge < -0.3 is 10.6 Å². The van der Waals surface area contributed by atoms with E-state index < -0.39 is 4.92 Å². The van der Waals surface area contributed by atoms with Gasteiger partial charge in [-0.2, -0.15) is 0 Å². The molecule has 2 rings (SSSR count). The number of hydrogen-bond donors (Lipinski definition) is 2. The summed E-state index contributed by atoms with van der Waals surface area (Å²) in [5.74, 6) is -0.298. The number of rotatable bonds is 6. The Kier molecular flexibility index (Phi) is 5.62. The number of carbonyl (C=O) groups excluding carboxylic acids is 2. The maximum Gasteiger partial charge on any atom is 0.269 e. The molecule has 0 unspecified atom stereocenters. The Labute approximate surface area is 138 Å². The first-order chi connectivity index (χ1) is 11.5. The normalized spacial score (nSPS) is 10.0. The predicted octanol–water partition coefficient (Wildman–Crippen LogP) is 2.06. The summed E-state index contributed by atoms with van der Waals surface area (Å²) in [4.78, 5) is 33.4. The molecule has 0 aliphatic rings. The van der Waals surface area contributed by atoms with Gasteiger partial charge in [-0.15, -0.1) is 0 Å². The van der Waals surface area contributed by atoms with Crippen molar-refractivity contribution >= 4 is 23.2 Å². The summed E-state index contributed by atoms with van der Waals surface area (Å²) in [6.45, 7) is 0. The molecule has 0 saturated carbocycles. The molecule has 0 radical (unpaired) electrons. The largest absolute Gasteiger partial charge is 0.359 e. The minimum absolute atomic E-state index is 0.00846. The van der Waals surface area contributed by atoms with E-state index in [1.165, 1.54) is 12.1 Å². The lowest BCUT2D eigenvalue weighted by molar-refractivity contribution is -0.384. The van der Waals surface area contributed by atoms with Gasteiger partial charge in [-0.25, -0.2) is 0 Å². The van der Waals surface area contributed by atoms with Gasteiger partial charge in [-0.05, 0) is 23.3 Å². The minimum Gasteiger partial charge on any atom is -0.359 e. The second-order valence-electron chi connectivity index (χ2n) is 5.20. The third-order valence-electron chi connectivity index (χ3n) is 3.39. The van der Waals surface area contributed by atoms with Crippen molar-refractivity contribution in [2.45, 2.75) is 12.8 Å². The quantitative estimate of drug-likeness (QED) is 0.626. The average Bonchev–Trinajstić information content (AvgIpc) is 2.57. The Bertz CT molecular complexity index is 739. The zero-order chi connectivity index (χ0) is 17.5. The van der Waals surface area contributed by atoms with Crippen molar-refractivity contribution in [2.24, 2.45) is 0 Å². The van der Waals surface area contributed by atoms with Crippen LogP contribution in [0.1, 0.15) is 11.1 Å². The third-order valence-corrected chi connectivity index (χ3v) is 3.39. The molecule has 0 aromatic heterocycles. The van der Waals surface area contributed by atoms with Crippen LogP contribution in [-0.2, 0) is 22.4 Å². The topological polar surface area (TPSA) is 101 Å². The molecule has 0 heterocycles. The SMILES string of the molecule is CNC(=O)Cc1ccc(NC(=O)Cc2ccc([N+](=O)[O-])cc2)cc1. The van der Waals surface area contributed by atoms with Crippen LogP contribution in [0.4, 0.5) is 11.4 Å². The highest BCUT2D eigenvalue weighted by Crippen LogP contribution is 2.14. The molecule has 0 aliphatic heterocycles. The Balaban J connectivity index is 1.92. The molecule has 0 saturated heterocycles. The standard InChI is InChI=1S/C17H17N3O4/c1-18-16(21)10-12-2-6-14(7-3-12)19-17(22)11-13-4-8-15(9-5-13)20(23)24/h2-9H,10-11H2,1H3,(H,18,21)(H,19,22). The number of amides is 2. The fourth-order valence-electron chi connectivity index (χ4n) is 2.11. The Morgan fingerprint density at radius 3 is 1.92 bits per heavy atom.